The van der Waals surface area contributed by atoms with Crippen LogP contribution in [0.5, 0.6) is 0 Å². The summed E-state index contributed by atoms with van der Waals surface area (Å²) in [5.41, 5.74) is 2.91. The Labute approximate surface area is 181 Å². The largest absolute Gasteiger partial charge is 0.370 e. The molecule has 0 radical (unpaired) electrons. The number of anilines is 4. The normalized spacial score (nSPS) is 14.0. The molecule has 2 aromatic carbocycles. The Hall–Kier alpha value is -2.84. The second kappa shape index (κ2) is 8.49. The highest BCUT2D eigenvalue weighted by molar-refractivity contribution is 7.92. The van der Waals surface area contributed by atoms with Gasteiger partial charge >= 0.3 is 0 Å². The fraction of sp³-hybridized carbons (Fsp3) is 0.238. The second-order valence-electron chi connectivity index (χ2n) is 7.21. The first kappa shape index (κ1) is 20.4. The molecule has 7 nitrogen and oxygen atoms in total. The third-order valence-corrected chi connectivity index (χ3v) is 6.72. The van der Waals surface area contributed by atoms with E-state index in [1.165, 1.54) is 18.9 Å². The highest BCUT2D eigenvalue weighted by Crippen LogP contribution is 2.25. The van der Waals surface area contributed by atoms with Gasteiger partial charge in [-0.15, -0.1) is 5.10 Å². The third-order valence-electron chi connectivity index (χ3n) is 4.96. The number of nitrogens with one attached hydrogen (secondary N) is 2. The van der Waals surface area contributed by atoms with E-state index >= 15 is 0 Å². The summed E-state index contributed by atoms with van der Waals surface area (Å²) < 4.78 is 28.0. The predicted molar refractivity (Wildman–Crippen MR) is 120 cm³/mol. The standard InChI is InChI=1S/C21H22ClN5O2S/c1-15-4-5-16(22)12-20(15)30(28,29)26-18-8-6-17(7-9-18)24-21-13-19(14-23-25-21)27-10-2-3-11-27/h4-9,12-14,26H,2-3,10-11H2,1H3,(H,24,25). The van der Waals surface area contributed by atoms with Gasteiger partial charge in [-0.05, 0) is 61.7 Å². The van der Waals surface area contributed by atoms with Crippen LogP contribution in [0.3, 0.4) is 0 Å². The lowest BCUT2D eigenvalue weighted by Crippen LogP contribution is -2.18. The van der Waals surface area contributed by atoms with E-state index in [-0.39, 0.29) is 4.90 Å². The minimum absolute atomic E-state index is 0.159. The Kier molecular flexibility index (Phi) is 5.78. The summed E-state index contributed by atoms with van der Waals surface area (Å²) in [6.45, 7) is 3.80. The van der Waals surface area contributed by atoms with Crippen molar-refractivity contribution in [1.82, 2.24) is 10.2 Å². The first-order valence-corrected chi connectivity index (χ1v) is 11.5. The number of nitrogens with zero attached hydrogens (tertiary/aromatic N) is 3. The first-order valence-electron chi connectivity index (χ1n) is 9.64. The summed E-state index contributed by atoms with van der Waals surface area (Å²) in [4.78, 5) is 2.45. The number of rotatable bonds is 6. The molecule has 156 valence electrons. The van der Waals surface area contributed by atoms with Crippen LogP contribution in [-0.4, -0.2) is 31.7 Å². The predicted octanol–water partition coefficient (Wildman–Crippen LogP) is 4.58. The Morgan fingerprint density at radius 1 is 1.00 bits per heavy atom. The maximum absolute atomic E-state index is 12.7. The third kappa shape index (κ3) is 4.66. The second-order valence-corrected chi connectivity index (χ2v) is 9.30. The molecular weight excluding hydrogens is 422 g/mol. The maximum atomic E-state index is 12.7. The smallest absolute Gasteiger partial charge is 0.262 e. The maximum Gasteiger partial charge on any atom is 0.262 e. The van der Waals surface area contributed by atoms with E-state index in [0.29, 0.717) is 22.1 Å². The van der Waals surface area contributed by atoms with Crippen molar-refractivity contribution in [2.75, 3.05) is 28.0 Å². The van der Waals surface area contributed by atoms with Gasteiger partial charge in [0, 0.05) is 35.6 Å². The summed E-state index contributed by atoms with van der Waals surface area (Å²) in [5.74, 6) is 0.641. The van der Waals surface area contributed by atoms with Crippen molar-refractivity contribution in [1.29, 1.82) is 0 Å². The van der Waals surface area contributed by atoms with Crippen LogP contribution in [-0.2, 0) is 10.0 Å². The van der Waals surface area contributed by atoms with Gasteiger partial charge in [-0.1, -0.05) is 17.7 Å². The van der Waals surface area contributed by atoms with E-state index in [1.54, 1.807) is 49.5 Å². The molecule has 9 heteroatoms. The summed E-state index contributed by atoms with van der Waals surface area (Å²) in [6, 6.07) is 13.7. The van der Waals surface area contributed by atoms with Crippen molar-refractivity contribution in [3.8, 4) is 0 Å². The van der Waals surface area contributed by atoms with Crippen molar-refractivity contribution in [2.24, 2.45) is 0 Å². The minimum Gasteiger partial charge on any atom is -0.370 e. The average Bonchev–Trinajstić information content (AvgIpc) is 3.26. The number of hydrogen-bond donors (Lipinski definition) is 2. The summed E-state index contributed by atoms with van der Waals surface area (Å²) in [6.07, 6.45) is 4.15. The molecule has 2 heterocycles. The topological polar surface area (TPSA) is 87.2 Å². The molecule has 1 aliphatic rings. The molecular formula is C21H22ClN5O2S. The summed E-state index contributed by atoms with van der Waals surface area (Å²) in [5, 5.41) is 11.8. The minimum atomic E-state index is -3.74. The van der Waals surface area contributed by atoms with Crippen LogP contribution in [0, 0.1) is 6.92 Å². The zero-order valence-electron chi connectivity index (χ0n) is 16.5. The molecule has 1 aromatic heterocycles. The Morgan fingerprint density at radius 2 is 1.70 bits per heavy atom. The Balaban J connectivity index is 1.47. The van der Waals surface area contributed by atoms with Crippen LogP contribution in [0.4, 0.5) is 22.9 Å². The molecule has 0 saturated carbocycles. The molecule has 0 aliphatic carbocycles. The van der Waals surface area contributed by atoms with Gasteiger partial charge in [-0.25, -0.2) is 8.42 Å². The molecule has 0 bridgehead atoms. The van der Waals surface area contributed by atoms with Gasteiger partial charge in [0.05, 0.1) is 16.8 Å². The quantitative estimate of drug-likeness (QED) is 0.579. The van der Waals surface area contributed by atoms with Crippen LogP contribution >= 0.6 is 11.6 Å². The summed E-state index contributed by atoms with van der Waals surface area (Å²) in [7, 11) is -3.74. The van der Waals surface area contributed by atoms with Gasteiger partial charge in [0.1, 0.15) is 0 Å². The van der Waals surface area contributed by atoms with Crippen molar-refractivity contribution < 1.29 is 8.42 Å². The number of halogens is 1. The molecule has 0 unspecified atom stereocenters. The van der Waals surface area contributed by atoms with Crippen molar-refractivity contribution in [3.05, 3.63) is 65.3 Å². The Bertz CT molecular complexity index is 1150. The van der Waals surface area contributed by atoms with Gasteiger partial charge in [0.2, 0.25) is 0 Å². The Morgan fingerprint density at radius 3 is 2.43 bits per heavy atom. The van der Waals surface area contributed by atoms with Crippen LogP contribution in [0.1, 0.15) is 18.4 Å². The van der Waals surface area contributed by atoms with Gasteiger partial charge in [0.25, 0.3) is 10.0 Å². The average molecular weight is 444 g/mol. The molecule has 3 aromatic rings. The highest BCUT2D eigenvalue weighted by atomic mass is 35.5. The molecule has 0 amide bonds. The van der Waals surface area contributed by atoms with Crippen molar-refractivity contribution in [3.63, 3.8) is 0 Å². The lowest BCUT2D eigenvalue weighted by molar-refractivity contribution is 0.600. The zero-order chi connectivity index (χ0) is 21.1. The highest BCUT2D eigenvalue weighted by Gasteiger charge is 2.17. The van der Waals surface area contributed by atoms with Crippen LogP contribution in [0.2, 0.25) is 5.02 Å². The van der Waals surface area contributed by atoms with E-state index in [4.69, 9.17) is 11.6 Å². The van der Waals surface area contributed by atoms with E-state index in [1.807, 2.05) is 6.07 Å². The molecule has 2 N–H and O–H groups in total. The first-order chi connectivity index (χ1) is 14.4. The lowest BCUT2D eigenvalue weighted by Gasteiger charge is -2.17. The lowest BCUT2D eigenvalue weighted by atomic mass is 10.2. The number of aromatic nitrogens is 2. The molecule has 1 fully saturated rings. The summed E-state index contributed by atoms with van der Waals surface area (Å²) >= 11 is 5.96. The number of benzene rings is 2. The number of sulfonamides is 1. The number of hydrogen-bond acceptors (Lipinski definition) is 6. The van der Waals surface area contributed by atoms with E-state index in [2.05, 4.69) is 25.1 Å². The fourth-order valence-corrected chi connectivity index (χ4v) is 4.98. The van der Waals surface area contributed by atoms with E-state index in [9.17, 15) is 8.42 Å². The molecule has 4 rings (SSSR count). The molecule has 1 aliphatic heterocycles. The number of aryl methyl sites for hydroxylation is 1. The zero-order valence-corrected chi connectivity index (χ0v) is 18.0. The van der Waals surface area contributed by atoms with E-state index < -0.39 is 10.0 Å². The van der Waals surface area contributed by atoms with Gasteiger partial charge in [0.15, 0.2) is 5.82 Å². The molecule has 0 atom stereocenters. The molecule has 30 heavy (non-hydrogen) atoms. The van der Waals surface area contributed by atoms with E-state index in [0.717, 1.165) is 24.5 Å². The molecule has 0 spiro atoms. The van der Waals surface area contributed by atoms with Gasteiger partial charge < -0.3 is 10.2 Å². The van der Waals surface area contributed by atoms with Crippen LogP contribution in [0.15, 0.2) is 59.6 Å². The van der Waals surface area contributed by atoms with Gasteiger partial charge in [-0.2, -0.15) is 5.10 Å². The fourth-order valence-electron chi connectivity index (χ4n) is 3.41. The SMILES string of the molecule is Cc1ccc(Cl)cc1S(=O)(=O)Nc1ccc(Nc2cc(N3CCCC3)cnn2)cc1. The van der Waals surface area contributed by atoms with Crippen LogP contribution < -0.4 is 14.9 Å². The van der Waals surface area contributed by atoms with Crippen molar-refractivity contribution >= 4 is 44.5 Å². The van der Waals surface area contributed by atoms with Crippen LogP contribution in [0.25, 0.3) is 0 Å². The van der Waals surface area contributed by atoms with Crippen molar-refractivity contribution in [2.45, 2.75) is 24.7 Å². The monoisotopic (exact) mass is 443 g/mol. The van der Waals surface area contributed by atoms with Gasteiger partial charge in [-0.3, -0.25) is 4.72 Å². The molecule has 1 saturated heterocycles.